The number of rotatable bonds is 5. The van der Waals surface area contributed by atoms with Gasteiger partial charge in [-0.25, -0.2) is 0 Å². The summed E-state index contributed by atoms with van der Waals surface area (Å²) in [5, 5.41) is 0.414. The van der Waals surface area contributed by atoms with Crippen molar-refractivity contribution in [3.8, 4) is 0 Å². The molecule has 0 saturated heterocycles. The molecular weight excluding hydrogens is 442 g/mol. The molecule has 0 aromatic heterocycles. The summed E-state index contributed by atoms with van der Waals surface area (Å²) in [5.74, 6) is -0.152. The van der Waals surface area contributed by atoms with E-state index in [1.54, 1.807) is 6.07 Å². The van der Waals surface area contributed by atoms with E-state index in [9.17, 15) is 0 Å². The van der Waals surface area contributed by atoms with Gasteiger partial charge in [0.1, 0.15) is 0 Å². The second kappa shape index (κ2) is 7.86. The average molecular weight is 465 g/mol. The quantitative estimate of drug-likeness (QED) is 0.296. The molecule has 0 amide bonds. The Morgan fingerprint density at radius 3 is 1.45 bits per heavy atom. The Labute approximate surface area is 180 Å². The van der Waals surface area contributed by atoms with Crippen LogP contribution in [0, 0.1) is 12.7 Å². The molecule has 0 nitrogen and oxygen atoms in total. The Morgan fingerprint density at radius 2 is 1.07 bits per heavy atom. The van der Waals surface area contributed by atoms with Crippen molar-refractivity contribution in [2.45, 2.75) is 13.1 Å². The second-order valence-electron chi connectivity index (χ2n) is 7.44. The standard InChI is InChI=1S/C26H23BrFP/c1-21-17-18-22(26(28)19-21)20-29(27,23-11-5-2-6-12-23,24-13-7-3-8-14-24)25-15-9-4-10-16-25/h2-19H,20H2,1H3. The number of aryl methyl sites for hydroxylation is 1. The van der Waals surface area contributed by atoms with Crippen LogP contribution in [-0.4, -0.2) is 0 Å². The van der Waals surface area contributed by atoms with Gasteiger partial charge in [-0.15, -0.1) is 0 Å². The number of hydrogen-bond acceptors (Lipinski definition) is 0. The molecular formula is C26H23BrFP. The fourth-order valence-corrected chi connectivity index (χ4v) is 11.7. The van der Waals surface area contributed by atoms with E-state index in [0.717, 1.165) is 11.1 Å². The zero-order valence-electron chi connectivity index (χ0n) is 16.3. The van der Waals surface area contributed by atoms with Crippen molar-refractivity contribution in [2.24, 2.45) is 0 Å². The molecule has 29 heavy (non-hydrogen) atoms. The number of hydrogen-bond donors (Lipinski definition) is 0. The van der Waals surface area contributed by atoms with Crippen LogP contribution in [-0.2, 0) is 6.16 Å². The predicted molar refractivity (Wildman–Crippen MR) is 129 cm³/mol. The molecule has 0 N–H and O–H groups in total. The van der Waals surface area contributed by atoms with E-state index in [4.69, 9.17) is 0 Å². The zero-order chi connectivity index (χ0) is 20.3. The second-order valence-corrected chi connectivity index (χ2v) is 16.4. The summed E-state index contributed by atoms with van der Waals surface area (Å²) in [6, 6.07) is 37.0. The third-order valence-corrected chi connectivity index (χ3v) is 15.1. The third-order valence-electron chi connectivity index (χ3n) is 5.56. The average Bonchev–Trinajstić information content (AvgIpc) is 2.78. The van der Waals surface area contributed by atoms with Gasteiger partial charge >= 0.3 is 180 Å². The SMILES string of the molecule is Cc1ccc(CP(Br)(c2ccccc2)(c2ccccc2)c2ccccc2)c(F)c1. The van der Waals surface area contributed by atoms with Crippen LogP contribution >= 0.6 is 20.8 Å². The first-order chi connectivity index (χ1) is 14.0. The summed E-state index contributed by atoms with van der Waals surface area (Å²) in [4.78, 5) is 0. The molecule has 4 aromatic carbocycles. The van der Waals surface area contributed by atoms with E-state index in [-0.39, 0.29) is 5.82 Å². The summed E-state index contributed by atoms with van der Waals surface area (Å²) >= 11 is 4.37. The van der Waals surface area contributed by atoms with Crippen molar-refractivity contribution in [1.82, 2.24) is 0 Å². The van der Waals surface area contributed by atoms with Crippen LogP contribution in [0.5, 0.6) is 0 Å². The van der Waals surface area contributed by atoms with Crippen LogP contribution in [0.15, 0.2) is 109 Å². The van der Waals surface area contributed by atoms with E-state index >= 15 is 4.39 Å². The molecule has 0 aliphatic heterocycles. The molecule has 0 bridgehead atoms. The van der Waals surface area contributed by atoms with Gasteiger partial charge in [0.2, 0.25) is 0 Å². The van der Waals surface area contributed by atoms with Crippen LogP contribution in [0.3, 0.4) is 0 Å². The van der Waals surface area contributed by atoms with E-state index in [0.29, 0.717) is 6.16 Å². The normalized spacial score (nSPS) is 12.9. The molecule has 3 heteroatoms. The Kier molecular flexibility index (Phi) is 5.42. The molecule has 0 heterocycles. The monoisotopic (exact) mass is 464 g/mol. The predicted octanol–water partition coefficient (Wildman–Crippen LogP) is 6.47. The van der Waals surface area contributed by atoms with Crippen LogP contribution in [0.1, 0.15) is 11.1 Å². The molecule has 0 atom stereocenters. The van der Waals surface area contributed by atoms with Crippen LogP contribution in [0.25, 0.3) is 0 Å². The van der Waals surface area contributed by atoms with Gasteiger partial charge in [0, 0.05) is 0 Å². The summed E-state index contributed by atoms with van der Waals surface area (Å²) < 4.78 is 15.1. The number of benzene rings is 4. The maximum atomic E-state index is 15.1. The minimum absolute atomic E-state index is 0.152. The molecule has 4 rings (SSSR count). The molecule has 0 spiro atoms. The Morgan fingerprint density at radius 1 is 0.655 bits per heavy atom. The third kappa shape index (κ3) is 3.45. The van der Waals surface area contributed by atoms with Gasteiger partial charge in [-0.05, 0) is 0 Å². The van der Waals surface area contributed by atoms with Crippen LogP contribution in [0.2, 0.25) is 0 Å². The van der Waals surface area contributed by atoms with Gasteiger partial charge in [-0.1, -0.05) is 0 Å². The van der Waals surface area contributed by atoms with E-state index in [2.05, 4.69) is 88.3 Å². The van der Waals surface area contributed by atoms with E-state index in [1.807, 2.05) is 37.3 Å². The molecule has 0 saturated carbocycles. The van der Waals surface area contributed by atoms with Crippen molar-refractivity contribution in [3.05, 3.63) is 126 Å². The van der Waals surface area contributed by atoms with Gasteiger partial charge in [-0.2, -0.15) is 0 Å². The first-order valence-electron chi connectivity index (χ1n) is 9.67. The van der Waals surface area contributed by atoms with Gasteiger partial charge in [0.15, 0.2) is 0 Å². The van der Waals surface area contributed by atoms with Gasteiger partial charge in [0.25, 0.3) is 0 Å². The molecule has 146 valence electrons. The van der Waals surface area contributed by atoms with Gasteiger partial charge in [0.05, 0.1) is 0 Å². The van der Waals surface area contributed by atoms with Gasteiger partial charge in [-0.3, -0.25) is 0 Å². The summed E-state index contributed by atoms with van der Waals surface area (Å²) in [7, 11) is 0. The fraction of sp³-hybridized carbons (Fsp3) is 0.0769. The first-order valence-corrected chi connectivity index (χ1v) is 14.1. The fourth-order valence-electron chi connectivity index (χ4n) is 4.04. The number of halogens is 2. The molecule has 0 aliphatic carbocycles. The molecule has 0 aliphatic rings. The molecule has 4 aromatic rings. The van der Waals surface area contributed by atoms with Crippen LogP contribution < -0.4 is 15.9 Å². The van der Waals surface area contributed by atoms with Crippen molar-refractivity contribution in [3.63, 3.8) is 0 Å². The molecule has 0 unspecified atom stereocenters. The topological polar surface area (TPSA) is 0 Å². The molecule has 0 radical (unpaired) electrons. The summed E-state index contributed by atoms with van der Waals surface area (Å²) in [6.07, 6.45) is 0.565. The minimum atomic E-state index is -3.16. The van der Waals surface area contributed by atoms with Crippen molar-refractivity contribution >= 4 is 36.7 Å². The Balaban J connectivity index is 2.09. The van der Waals surface area contributed by atoms with Crippen molar-refractivity contribution in [2.75, 3.05) is 0 Å². The summed E-state index contributed by atoms with van der Waals surface area (Å²) in [6.45, 7) is 1.92. The Hall–Kier alpha value is -2.28. The first kappa shape index (κ1) is 20.0. The Bertz CT molecular complexity index is 1010. The zero-order valence-corrected chi connectivity index (χ0v) is 18.8. The van der Waals surface area contributed by atoms with Crippen LogP contribution in [0.4, 0.5) is 4.39 Å². The van der Waals surface area contributed by atoms with Gasteiger partial charge < -0.3 is 0 Å². The van der Waals surface area contributed by atoms with E-state index < -0.39 is 5.31 Å². The molecule has 0 fully saturated rings. The summed E-state index contributed by atoms with van der Waals surface area (Å²) in [5.41, 5.74) is 1.65. The van der Waals surface area contributed by atoms with Crippen molar-refractivity contribution in [1.29, 1.82) is 0 Å². The van der Waals surface area contributed by atoms with E-state index in [1.165, 1.54) is 15.9 Å². The van der Waals surface area contributed by atoms with Crippen molar-refractivity contribution < 1.29 is 4.39 Å². The maximum absolute atomic E-state index is 15.1.